The molecule has 148 valence electrons. The van der Waals surface area contributed by atoms with Crippen LogP contribution in [0.15, 0.2) is 48.5 Å². The van der Waals surface area contributed by atoms with E-state index < -0.39 is 7.92 Å². The molecule has 0 unspecified atom stereocenters. The van der Waals surface area contributed by atoms with E-state index in [1.165, 1.54) is 34.1 Å². The summed E-state index contributed by atoms with van der Waals surface area (Å²) in [6, 6.07) is 17.3. The quantitative estimate of drug-likeness (QED) is 0.440. The van der Waals surface area contributed by atoms with Gasteiger partial charge in [0.2, 0.25) is 0 Å². The summed E-state index contributed by atoms with van der Waals surface area (Å²) < 4.78 is 10.7. The smallest absolute Gasteiger partial charge is 0.118 e. The fourth-order valence-electron chi connectivity index (χ4n) is 3.67. The third-order valence-corrected chi connectivity index (χ3v) is 11.6. The van der Waals surface area contributed by atoms with E-state index in [2.05, 4.69) is 76.2 Å². The highest BCUT2D eigenvalue weighted by molar-refractivity contribution is 7.73. The second kappa shape index (κ2) is 9.17. The number of hydrogen-bond acceptors (Lipinski definition) is 2. The van der Waals surface area contributed by atoms with Crippen molar-refractivity contribution in [1.82, 2.24) is 0 Å². The highest BCUT2D eigenvalue weighted by atomic mass is 31.1. The first kappa shape index (κ1) is 21.0. The van der Waals surface area contributed by atoms with Crippen LogP contribution in [0.25, 0.3) is 0 Å². The van der Waals surface area contributed by atoms with E-state index >= 15 is 0 Å². The number of hydrogen-bond donors (Lipinski definition) is 0. The highest BCUT2D eigenvalue weighted by Crippen LogP contribution is 2.48. The maximum atomic E-state index is 5.36. The lowest BCUT2D eigenvalue weighted by atomic mass is 10.2. The molecule has 1 aromatic heterocycles. The van der Waals surface area contributed by atoms with Crippen molar-refractivity contribution in [2.24, 2.45) is 0 Å². The molecular weight excluding hydrogens is 382 g/mol. The lowest BCUT2D eigenvalue weighted by Crippen LogP contribution is -2.14. The van der Waals surface area contributed by atoms with Gasteiger partial charge in [-0.05, 0) is 105 Å². The van der Waals surface area contributed by atoms with Gasteiger partial charge in [-0.25, -0.2) is 0 Å². The molecule has 0 amide bonds. The molecule has 3 rings (SSSR count). The monoisotopic (exact) mass is 412 g/mol. The first-order valence-electron chi connectivity index (χ1n) is 9.64. The Balaban J connectivity index is 1.92. The minimum Gasteiger partial charge on any atom is -0.497 e. The van der Waals surface area contributed by atoms with Crippen molar-refractivity contribution in [3.63, 3.8) is 0 Å². The Labute approximate surface area is 171 Å². The number of ether oxygens (including phenoxy) is 2. The van der Waals surface area contributed by atoms with Crippen LogP contribution in [0.1, 0.15) is 21.7 Å². The Morgan fingerprint density at radius 3 is 1.43 bits per heavy atom. The molecule has 0 saturated carbocycles. The van der Waals surface area contributed by atoms with Gasteiger partial charge in [0.25, 0.3) is 0 Å². The van der Waals surface area contributed by atoms with Crippen LogP contribution >= 0.6 is 15.5 Å². The average Bonchev–Trinajstić information content (AvgIpc) is 2.92. The molecule has 0 spiro atoms. The van der Waals surface area contributed by atoms with Crippen molar-refractivity contribution in [2.75, 3.05) is 20.4 Å². The summed E-state index contributed by atoms with van der Waals surface area (Å²) in [6.07, 6.45) is 2.46. The van der Waals surface area contributed by atoms with Gasteiger partial charge in [0.15, 0.2) is 0 Å². The molecule has 28 heavy (non-hydrogen) atoms. The Kier molecular flexibility index (Phi) is 6.86. The second-order valence-electron chi connectivity index (χ2n) is 7.12. The zero-order valence-corrected chi connectivity index (χ0v) is 19.5. The van der Waals surface area contributed by atoms with Crippen LogP contribution in [-0.4, -0.2) is 20.4 Å². The minimum atomic E-state index is -0.409. The lowest BCUT2D eigenvalue weighted by Gasteiger charge is -2.20. The molecule has 0 aliphatic heterocycles. The van der Waals surface area contributed by atoms with Crippen molar-refractivity contribution in [2.45, 2.75) is 33.9 Å². The molecule has 0 aliphatic carbocycles. The fourth-order valence-corrected chi connectivity index (χ4v) is 9.42. The van der Waals surface area contributed by atoms with Gasteiger partial charge in [0.05, 0.1) is 14.2 Å². The Hall–Kier alpha value is -1.75. The van der Waals surface area contributed by atoms with Crippen molar-refractivity contribution in [3.05, 3.63) is 70.2 Å². The van der Waals surface area contributed by atoms with Gasteiger partial charge < -0.3 is 9.47 Å². The molecule has 2 nitrogen and oxygen atoms in total. The van der Waals surface area contributed by atoms with Crippen LogP contribution in [0.2, 0.25) is 0 Å². The van der Waals surface area contributed by atoms with Crippen molar-refractivity contribution < 1.29 is 9.47 Å². The molecule has 1 heterocycles. The van der Waals surface area contributed by atoms with E-state index in [-0.39, 0.29) is 7.53 Å². The standard InChI is InChI=1S/C24H30O2P2/c1-17-18(2)20(4)27(19(17)3)15-16-28(23-11-7-21(25-5)8-12-23)24-13-9-22(26-6)10-14-24/h7-14H,15-16H2,1-6H3. The molecule has 0 radical (unpaired) electrons. The predicted octanol–water partition coefficient (Wildman–Crippen LogP) is 6.06. The number of methoxy groups -OCH3 is 2. The third-order valence-electron chi connectivity index (χ3n) is 5.77. The van der Waals surface area contributed by atoms with E-state index in [0.29, 0.717) is 0 Å². The maximum Gasteiger partial charge on any atom is 0.118 e. The van der Waals surface area contributed by atoms with Gasteiger partial charge in [-0.1, -0.05) is 24.3 Å². The van der Waals surface area contributed by atoms with E-state index in [1.54, 1.807) is 24.8 Å². The highest BCUT2D eigenvalue weighted by Gasteiger charge is 2.18. The molecule has 2 aromatic carbocycles. The van der Waals surface area contributed by atoms with Crippen LogP contribution in [0.3, 0.4) is 0 Å². The van der Waals surface area contributed by atoms with Gasteiger partial charge >= 0.3 is 0 Å². The molecule has 4 heteroatoms. The topological polar surface area (TPSA) is 18.5 Å². The van der Waals surface area contributed by atoms with E-state index in [1.807, 2.05) is 0 Å². The summed E-state index contributed by atoms with van der Waals surface area (Å²) in [5, 5.41) is 6.05. The van der Waals surface area contributed by atoms with Crippen LogP contribution in [-0.2, 0) is 6.16 Å². The fraction of sp³-hybridized carbons (Fsp3) is 0.333. The zero-order valence-electron chi connectivity index (χ0n) is 17.7. The molecule has 3 aromatic rings. The lowest BCUT2D eigenvalue weighted by molar-refractivity contribution is 0.415. The van der Waals surface area contributed by atoms with Gasteiger partial charge in [0, 0.05) is 0 Å². The van der Waals surface area contributed by atoms with Crippen molar-refractivity contribution in [1.29, 1.82) is 0 Å². The van der Waals surface area contributed by atoms with E-state index in [0.717, 1.165) is 11.5 Å². The van der Waals surface area contributed by atoms with Crippen LogP contribution in [0, 0.1) is 27.7 Å². The second-order valence-corrected chi connectivity index (χ2v) is 12.1. The van der Waals surface area contributed by atoms with Gasteiger partial charge in [-0.3, -0.25) is 0 Å². The largest absolute Gasteiger partial charge is 0.497 e. The molecule has 0 aliphatic rings. The van der Waals surface area contributed by atoms with Crippen LogP contribution in [0.5, 0.6) is 11.5 Å². The normalized spacial score (nSPS) is 11.1. The van der Waals surface area contributed by atoms with E-state index in [9.17, 15) is 0 Å². The van der Waals surface area contributed by atoms with Gasteiger partial charge in [-0.15, -0.1) is 7.53 Å². The zero-order chi connectivity index (χ0) is 20.3. The molecule has 0 bridgehead atoms. The number of benzene rings is 2. The molecule has 0 atom stereocenters. The van der Waals surface area contributed by atoms with Crippen molar-refractivity contribution >= 4 is 26.1 Å². The van der Waals surface area contributed by atoms with Gasteiger partial charge in [-0.2, -0.15) is 0 Å². The molecule has 0 fully saturated rings. The van der Waals surface area contributed by atoms with Crippen LogP contribution < -0.4 is 20.1 Å². The molecule has 0 N–H and O–H groups in total. The maximum absolute atomic E-state index is 5.36. The minimum absolute atomic E-state index is 0.152. The number of rotatable bonds is 7. The first-order valence-corrected chi connectivity index (χ1v) is 12.7. The van der Waals surface area contributed by atoms with Crippen LogP contribution in [0.4, 0.5) is 0 Å². The summed E-state index contributed by atoms with van der Waals surface area (Å²) in [5.74, 6) is 1.83. The van der Waals surface area contributed by atoms with E-state index in [4.69, 9.17) is 9.47 Å². The van der Waals surface area contributed by atoms with Gasteiger partial charge in [0.1, 0.15) is 11.5 Å². The van der Waals surface area contributed by atoms with Crippen molar-refractivity contribution in [3.8, 4) is 11.5 Å². The summed E-state index contributed by atoms with van der Waals surface area (Å²) in [7, 11) is 2.88. The predicted molar refractivity (Wildman–Crippen MR) is 125 cm³/mol. The summed E-state index contributed by atoms with van der Waals surface area (Å²) in [6.45, 7) is 9.24. The Morgan fingerprint density at radius 1 is 0.679 bits per heavy atom. The summed E-state index contributed by atoms with van der Waals surface area (Å²) in [4.78, 5) is 0. The SMILES string of the molecule is COc1ccc(P(CCp2c(C)c(C)c(C)c2C)c2ccc(OC)cc2)cc1. The first-order chi connectivity index (χ1) is 13.5. The Bertz CT molecular complexity index is 852. The summed E-state index contributed by atoms with van der Waals surface area (Å²) >= 11 is 0. The summed E-state index contributed by atoms with van der Waals surface area (Å²) in [5.41, 5.74) is 3.03. The molecule has 0 saturated heterocycles. The third kappa shape index (κ3) is 4.29. The Morgan fingerprint density at radius 2 is 1.07 bits per heavy atom. The average molecular weight is 412 g/mol. The molecular formula is C24H30O2P2.